The summed E-state index contributed by atoms with van der Waals surface area (Å²) in [5.74, 6) is 1.91. The SMILES string of the molecule is c1ccc(-c2cccc(-c3nc(-c4ccccc4)nc(-c4cc(-c5ccccc5)cc(-c5cccc6c5Cc5c(-c7ccccc7)cccc5-6)c4)n3)c2)cc1. The Morgan fingerprint density at radius 1 is 0.236 bits per heavy atom. The molecule has 1 aliphatic carbocycles. The van der Waals surface area contributed by atoms with Crippen molar-refractivity contribution < 1.29 is 0 Å². The summed E-state index contributed by atoms with van der Waals surface area (Å²) in [7, 11) is 0. The van der Waals surface area contributed by atoms with E-state index in [1.165, 1.54) is 38.9 Å². The summed E-state index contributed by atoms with van der Waals surface area (Å²) in [4.78, 5) is 15.5. The summed E-state index contributed by atoms with van der Waals surface area (Å²) < 4.78 is 0. The minimum absolute atomic E-state index is 0.634. The maximum atomic E-state index is 5.23. The molecule has 0 saturated carbocycles. The molecule has 1 aromatic heterocycles. The van der Waals surface area contributed by atoms with Crippen molar-refractivity contribution in [3.63, 3.8) is 0 Å². The lowest BCUT2D eigenvalue weighted by molar-refractivity contribution is 1.07. The molecule has 3 heteroatoms. The van der Waals surface area contributed by atoms with Crippen molar-refractivity contribution in [3.05, 3.63) is 211 Å². The van der Waals surface area contributed by atoms with Crippen molar-refractivity contribution in [2.24, 2.45) is 0 Å². The molecule has 0 saturated heterocycles. The Hall–Kier alpha value is -7.23. The van der Waals surface area contributed by atoms with E-state index in [1.54, 1.807) is 0 Å². The predicted molar refractivity (Wildman–Crippen MR) is 226 cm³/mol. The fourth-order valence-corrected chi connectivity index (χ4v) is 7.92. The van der Waals surface area contributed by atoms with Gasteiger partial charge in [-0.1, -0.05) is 176 Å². The summed E-state index contributed by atoms with van der Waals surface area (Å²) in [6.45, 7) is 0. The molecule has 55 heavy (non-hydrogen) atoms. The standard InChI is InChI=1S/C52H35N3/c1-5-16-35(17-6-1)39-24-13-25-40(30-39)51-53-50(38-22-11-4-12-23-38)54-52(55-51)43-32-41(36-18-7-2-8-19-36)31-42(33-43)45-27-15-29-47-46-28-14-26-44(48(46)34-49(45)47)37-20-9-3-10-21-37/h1-33H,34H2. The number of hydrogen-bond donors (Lipinski definition) is 0. The van der Waals surface area contributed by atoms with Crippen molar-refractivity contribution in [2.75, 3.05) is 0 Å². The number of hydrogen-bond acceptors (Lipinski definition) is 3. The Morgan fingerprint density at radius 3 is 1.20 bits per heavy atom. The van der Waals surface area contributed by atoms with Crippen molar-refractivity contribution in [1.82, 2.24) is 15.0 Å². The van der Waals surface area contributed by atoms with E-state index < -0.39 is 0 Å². The van der Waals surface area contributed by atoms with E-state index in [9.17, 15) is 0 Å². The molecular weight excluding hydrogens is 667 g/mol. The van der Waals surface area contributed by atoms with Gasteiger partial charge in [0.05, 0.1) is 0 Å². The van der Waals surface area contributed by atoms with Crippen molar-refractivity contribution in [1.29, 1.82) is 0 Å². The molecule has 0 fully saturated rings. The normalized spacial score (nSPS) is 11.6. The summed E-state index contributed by atoms with van der Waals surface area (Å²) in [6.07, 6.45) is 0.864. The first-order chi connectivity index (χ1) is 27.2. The number of nitrogens with zero attached hydrogens (tertiary/aromatic N) is 3. The van der Waals surface area contributed by atoms with Gasteiger partial charge >= 0.3 is 0 Å². The van der Waals surface area contributed by atoms with Gasteiger partial charge in [0.25, 0.3) is 0 Å². The van der Waals surface area contributed by atoms with E-state index in [0.29, 0.717) is 17.5 Å². The maximum absolute atomic E-state index is 5.23. The Labute approximate surface area is 321 Å². The number of rotatable bonds is 7. The monoisotopic (exact) mass is 701 g/mol. The molecule has 0 aliphatic heterocycles. The molecule has 0 atom stereocenters. The van der Waals surface area contributed by atoms with E-state index in [4.69, 9.17) is 15.0 Å². The van der Waals surface area contributed by atoms with E-state index in [-0.39, 0.29) is 0 Å². The second kappa shape index (κ2) is 14.0. The molecule has 9 aromatic rings. The molecule has 0 amide bonds. The molecule has 0 radical (unpaired) electrons. The largest absolute Gasteiger partial charge is 0.208 e. The third-order valence-electron chi connectivity index (χ3n) is 10.6. The molecule has 1 aliphatic rings. The quantitative estimate of drug-likeness (QED) is 0.166. The molecule has 1 heterocycles. The van der Waals surface area contributed by atoms with Crippen LogP contribution >= 0.6 is 0 Å². The summed E-state index contributed by atoms with van der Waals surface area (Å²) >= 11 is 0. The van der Waals surface area contributed by atoms with E-state index in [0.717, 1.165) is 50.9 Å². The van der Waals surface area contributed by atoms with E-state index in [2.05, 4.69) is 176 Å². The van der Waals surface area contributed by atoms with Crippen LogP contribution in [0.4, 0.5) is 0 Å². The number of aromatic nitrogens is 3. The van der Waals surface area contributed by atoms with Gasteiger partial charge in [-0.25, -0.2) is 15.0 Å². The highest BCUT2D eigenvalue weighted by molar-refractivity contribution is 5.91. The van der Waals surface area contributed by atoms with Gasteiger partial charge in [0.15, 0.2) is 17.5 Å². The topological polar surface area (TPSA) is 38.7 Å². The molecular formula is C52H35N3. The van der Waals surface area contributed by atoms with Gasteiger partial charge in [-0.3, -0.25) is 0 Å². The highest BCUT2D eigenvalue weighted by Crippen LogP contribution is 2.46. The minimum atomic E-state index is 0.634. The number of benzene rings is 8. The van der Waals surface area contributed by atoms with Crippen LogP contribution in [-0.2, 0) is 6.42 Å². The first-order valence-corrected chi connectivity index (χ1v) is 18.7. The van der Waals surface area contributed by atoms with Crippen LogP contribution in [0.25, 0.3) is 89.8 Å². The van der Waals surface area contributed by atoms with Gasteiger partial charge < -0.3 is 0 Å². The van der Waals surface area contributed by atoms with Crippen LogP contribution in [0, 0.1) is 0 Å². The van der Waals surface area contributed by atoms with Crippen LogP contribution in [0.1, 0.15) is 11.1 Å². The zero-order chi connectivity index (χ0) is 36.6. The second-order valence-corrected chi connectivity index (χ2v) is 14.0. The molecule has 0 bridgehead atoms. The molecule has 3 nitrogen and oxygen atoms in total. The third-order valence-corrected chi connectivity index (χ3v) is 10.6. The first-order valence-electron chi connectivity index (χ1n) is 18.7. The lowest BCUT2D eigenvalue weighted by Gasteiger charge is -2.15. The average molecular weight is 702 g/mol. The molecule has 0 N–H and O–H groups in total. The Kier molecular flexibility index (Phi) is 8.23. The van der Waals surface area contributed by atoms with Gasteiger partial charge in [0.1, 0.15) is 0 Å². The zero-order valence-electron chi connectivity index (χ0n) is 30.1. The Bertz CT molecular complexity index is 2810. The second-order valence-electron chi connectivity index (χ2n) is 14.0. The summed E-state index contributed by atoms with van der Waals surface area (Å²) in [6, 6.07) is 70.7. The molecule has 8 aromatic carbocycles. The Balaban J connectivity index is 1.15. The van der Waals surface area contributed by atoms with E-state index in [1.807, 2.05) is 24.3 Å². The molecule has 258 valence electrons. The maximum Gasteiger partial charge on any atom is 0.164 e. The third kappa shape index (κ3) is 6.22. The van der Waals surface area contributed by atoms with Crippen molar-refractivity contribution in [3.8, 4) is 89.8 Å². The van der Waals surface area contributed by atoms with Crippen LogP contribution in [0.2, 0.25) is 0 Å². The van der Waals surface area contributed by atoms with Crippen LogP contribution in [-0.4, -0.2) is 15.0 Å². The highest BCUT2D eigenvalue weighted by Gasteiger charge is 2.25. The van der Waals surface area contributed by atoms with Gasteiger partial charge in [-0.2, -0.15) is 0 Å². The van der Waals surface area contributed by atoms with Crippen molar-refractivity contribution >= 4 is 0 Å². The zero-order valence-corrected chi connectivity index (χ0v) is 30.1. The van der Waals surface area contributed by atoms with Gasteiger partial charge in [0, 0.05) is 16.7 Å². The van der Waals surface area contributed by atoms with E-state index >= 15 is 0 Å². The van der Waals surface area contributed by atoms with Crippen LogP contribution in [0.15, 0.2) is 200 Å². The lowest BCUT2D eigenvalue weighted by atomic mass is 9.91. The minimum Gasteiger partial charge on any atom is -0.208 e. The molecule has 0 spiro atoms. The Morgan fingerprint density at radius 2 is 0.600 bits per heavy atom. The van der Waals surface area contributed by atoms with Crippen molar-refractivity contribution in [2.45, 2.75) is 6.42 Å². The predicted octanol–water partition coefficient (Wildman–Crippen LogP) is 13.1. The molecule has 10 rings (SSSR count). The van der Waals surface area contributed by atoms with Crippen LogP contribution < -0.4 is 0 Å². The first kappa shape index (κ1) is 32.4. The summed E-state index contributed by atoms with van der Waals surface area (Å²) in [5.41, 5.74) is 17.6. The van der Waals surface area contributed by atoms with Gasteiger partial charge in [-0.05, 0) is 97.4 Å². The molecule has 0 unspecified atom stereocenters. The fourth-order valence-electron chi connectivity index (χ4n) is 7.92. The van der Waals surface area contributed by atoms with Gasteiger partial charge in [0.2, 0.25) is 0 Å². The lowest BCUT2D eigenvalue weighted by Crippen LogP contribution is -2.01. The van der Waals surface area contributed by atoms with Gasteiger partial charge in [-0.15, -0.1) is 0 Å². The highest BCUT2D eigenvalue weighted by atomic mass is 15.0. The number of fused-ring (bicyclic) bond motifs is 3. The summed E-state index contributed by atoms with van der Waals surface area (Å²) in [5, 5.41) is 0. The van der Waals surface area contributed by atoms with Crippen LogP contribution in [0.3, 0.4) is 0 Å². The van der Waals surface area contributed by atoms with Crippen LogP contribution in [0.5, 0.6) is 0 Å². The smallest absolute Gasteiger partial charge is 0.164 e. The average Bonchev–Trinajstić information content (AvgIpc) is 3.67. The fraction of sp³-hybridized carbons (Fsp3) is 0.0192.